The maximum Gasteiger partial charge on any atom is 0.325 e. The summed E-state index contributed by atoms with van der Waals surface area (Å²) in [5.41, 5.74) is 2.92. The molecule has 0 spiro atoms. The molecule has 0 fully saturated rings. The van der Waals surface area contributed by atoms with Crippen LogP contribution in [0.25, 0.3) is 0 Å². The Morgan fingerprint density at radius 1 is 1.07 bits per heavy atom. The molecule has 0 saturated heterocycles. The lowest BCUT2D eigenvalue weighted by Crippen LogP contribution is -2.19. The molecule has 0 atom stereocenters. The number of methoxy groups -OCH3 is 1. The summed E-state index contributed by atoms with van der Waals surface area (Å²) in [5.74, 6) is 0.370. The summed E-state index contributed by atoms with van der Waals surface area (Å²) in [6, 6.07) is 14.3. The van der Waals surface area contributed by atoms with Crippen LogP contribution in [0.2, 0.25) is 0 Å². The van der Waals surface area contributed by atoms with E-state index in [0.717, 1.165) is 5.56 Å². The fourth-order valence-corrected chi connectivity index (χ4v) is 3.24. The number of hydrogen-bond acceptors (Lipinski definition) is 5. The first-order valence-electron chi connectivity index (χ1n) is 8.55. The van der Waals surface area contributed by atoms with Crippen LogP contribution in [0.5, 0.6) is 5.75 Å². The van der Waals surface area contributed by atoms with Crippen LogP contribution in [0.1, 0.15) is 11.3 Å². The van der Waals surface area contributed by atoms with E-state index < -0.39 is 0 Å². The van der Waals surface area contributed by atoms with Gasteiger partial charge >= 0.3 is 6.03 Å². The number of amides is 3. The Bertz CT molecular complexity index is 987. The van der Waals surface area contributed by atoms with E-state index >= 15 is 0 Å². The minimum Gasteiger partial charge on any atom is -0.495 e. The van der Waals surface area contributed by atoms with Gasteiger partial charge in [-0.3, -0.25) is 10.1 Å². The summed E-state index contributed by atoms with van der Waals surface area (Å²) < 4.78 is 5.22. The zero-order valence-corrected chi connectivity index (χ0v) is 16.3. The third-order valence-corrected chi connectivity index (χ3v) is 4.58. The van der Waals surface area contributed by atoms with Gasteiger partial charge in [0.05, 0.1) is 24.9 Å². The molecule has 144 valence electrons. The molecule has 2 aromatic carbocycles. The first kappa shape index (κ1) is 19.4. The molecule has 3 rings (SSSR count). The summed E-state index contributed by atoms with van der Waals surface area (Å²) in [6.07, 6.45) is 0.0930. The number of thiazole rings is 1. The topological polar surface area (TPSA) is 92.4 Å². The normalized spacial score (nSPS) is 10.2. The highest BCUT2D eigenvalue weighted by molar-refractivity contribution is 7.14. The smallest absolute Gasteiger partial charge is 0.325 e. The molecule has 0 bridgehead atoms. The average Bonchev–Trinajstić information content (AvgIpc) is 3.08. The number of para-hydroxylation sites is 2. The first-order valence-corrected chi connectivity index (χ1v) is 9.43. The maximum absolute atomic E-state index is 12.3. The van der Waals surface area contributed by atoms with Gasteiger partial charge in [0.2, 0.25) is 5.91 Å². The second kappa shape index (κ2) is 9.01. The van der Waals surface area contributed by atoms with E-state index in [0.29, 0.717) is 27.9 Å². The minimum absolute atomic E-state index is 0.0930. The summed E-state index contributed by atoms with van der Waals surface area (Å²) in [7, 11) is 1.55. The molecule has 3 aromatic rings. The molecule has 28 heavy (non-hydrogen) atoms. The predicted molar refractivity (Wildman–Crippen MR) is 111 cm³/mol. The second-order valence-corrected chi connectivity index (χ2v) is 6.88. The number of hydrogen-bond donors (Lipinski definition) is 3. The van der Waals surface area contributed by atoms with Gasteiger partial charge in [-0.25, -0.2) is 9.78 Å². The Morgan fingerprint density at radius 2 is 1.89 bits per heavy atom. The fourth-order valence-electron chi connectivity index (χ4n) is 2.53. The molecule has 0 aliphatic heterocycles. The van der Waals surface area contributed by atoms with Crippen molar-refractivity contribution in [2.45, 2.75) is 13.3 Å². The van der Waals surface area contributed by atoms with Crippen molar-refractivity contribution in [3.8, 4) is 5.75 Å². The number of aromatic nitrogens is 1. The molecule has 3 amide bonds. The van der Waals surface area contributed by atoms with Crippen LogP contribution in [0.3, 0.4) is 0 Å². The summed E-state index contributed by atoms with van der Waals surface area (Å²) >= 11 is 1.26. The van der Waals surface area contributed by atoms with Crippen molar-refractivity contribution in [2.24, 2.45) is 0 Å². The number of carbonyl (C=O) groups is 2. The number of anilines is 3. The molecule has 0 radical (unpaired) electrons. The van der Waals surface area contributed by atoms with Gasteiger partial charge in [0.1, 0.15) is 5.75 Å². The molecule has 0 saturated carbocycles. The van der Waals surface area contributed by atoms with Crippen LogP contribution in [-0.2, 0) is 11.2 Å². The predicted octanol–water partition coefficient (Wildman–Crippen LogP) is 4.29. The second-order valence-electron chi connectivity index (χ2n) is 6.02. The molecule has 3 N–H and O–H groups in total. The van der Waals surface area contributed by atoms with Crippen LogP contribution in [-0.4, -0.2) is 24.0 Å². The number of benzene rings is 2. The highest BCUT2D eigenvalue weighted by atomic mass is 32.1. The van der Waals surface area contributed by atoms with Crippen LogP contribution in [0, 0.1) is 6.92 Å². The summed E-state index contributed by atoms with van der Waals surface area (Å²) in [6.45, 7) is 1.95. The summed E-state index contributed by atoms with van der Waals surface area (Å²) in [4.78, 5) is 28.6. The number of rotatable bonds is 6. The Balaban J connectivity index is 1.55. The molecule has 0 unspecified atom stereocenters. The monoisotopic (exact) mass is 396 g/mol. The van der Waals surface area contributed by atoms with Crippen LogP contribution in [0.4, 0.5) is 21.3 Å². The number of nitrogens with zero attached hydrogens (tertiary/aromatic N) is 1. The van der Waals surface area contributed by atoms with Gasteiger partial charge in [0, 0.05) is 11.1 Å². The number of nitrogens with one attached hydrogen (secondary N) is 3. The van der Waals surface area contributed by atoms with Crippen molar-refractivity contribution >= 4 is 39.8 Å². The largest absolute Gasteiger partial charge is 0.495 e. The van der Waals surface area contributed by atoms with Crippen LogP contribution in [0.15, 0.2) is 53.9 Å². The Kier molecular flexibility index (Phi) is 6.23. The van der Waals surface area contributed by atoms with Crippen LogP contribution >= 0.6 is 11.3 Å². The van der Waals surface area contributed by atoms with E-state index in [2.05, 4.69) is 20.9 Å². The van der Waals surface area contributed by atoms with Gasteiger partial charge < -0.3 is 15.4 Å². The molecule has 1 aromatic heterocycles. The third kappa shape index (κ3) is 5.31. The minimum atomic E-state index is -0.384. The first-order chi connectivity index (χ1) is 13.5. The lowest BCUT2D eigenvalue weighted by Gasteiger charge is -2.09. The third-order valence-electron chi connectivity index (χ3n) is 3.77. The Hall–Kier alpha value is -3.39. The average molecular weight is 396 g/mol. The molecular weight excluding hydrogens is 376 g/mol. The van der Waals surface area contributed by atoms with Crippen molar-refractivity contribution in [2.75, 3.05) is 23.1 Å². The number of carbonyl (C=O) groups excluding carboxylic acids is 2. The molecule has 1 heterocycles. The molecule has 8 heteroatoms. The molecular formula is C20H20N4O3S. The van der Waals surface area contributed by atoms with Gasteiger partial charge in [-0.1, -0.05) is 24.3 Å². The highest BCUT2D eigenvalue weighted by Crippen LogP contribution is 2.23. The van der Waals surface area contributed by atoms with Crippen LogP contribution < -0.4 is 20.7 Å². The van der Waals surface area contributed by atoms with Crippen molar-refractivity contribution in [3.63, 3.8) is 0 Å². The number of aryl methyl sites for hydroxylation is 1. The Morgan fingerprint density at radius 3 is 2.68 bits per heavy atom. The quantitative estimate of drug-likeness (QED) is 0.580. The van der Waals surface area contributed by atoms with Gasteiger partial charge in [-0.15, -0.1) is 11.3 Å². The van der Waals surface area contributed by atoms with Crippen molar-refractivity contribution in [1.29, 1.82) is 0 Å². The van der Waals surface area contributed by atoms with E-state index in [1.54, 1.807) is 24.6 Å². The standard InChI is InChI=1S/C20H20N4O3S/c1-13-6-5-7-14(10-13)21-19(26)24-20-22-15(12-28-20)11-18(25)23-16-8-3-4-9-17(16)27-2/h3-10,12H,11H2,1-2H3,(H,23,25)(H2,21,22,24,26). The maximum atomic E-state index is 12.3. The fraction of sp³-hybridized carbons (Fsp3) is 0.150. The molecule has 0 aliphatic carbocycles. The van der Waals surface area contributed by atoms with E-state index in [1.165, 1.54) is 11.3 Å². The van der Waals surface area contributed by atoms with E-state index in [-0.39, 0.29) is 18.4 Å². The van der Waals surface area contributed by atoms with Crippen molar-refractivity contribution < 1.29 is 14.3 Å². The number of ether oxygens (including phenoxy) is 1. The lowest BCUT2D eigenvalue weighted by atomic mass is 10.2. The SMILES string of the molecule is COc1ccccc1NC(=O)Cc1csc(NC(=O)Nc2cccc(C)c2)n1. The Labute approximate surface area is 166 Å². The van der Waals surface area contributed by atoms with Gasteiger partial charge in [0.15, 0.2) is 5.13 Å². The van der Waals surface area contributed by atoms with Gasteiger partial charge in [0.25, 0.3) is 0 Å². The zero-order chi connectivity index (χ0) is 19.9. The van der Waals surface area contributed by atoms with Crippen molar-refractivity contribution in [3.05, 3.63) is 65.2 Å². The summed E-state index contributed by atoms with van der Waals surface area (Å²) in [5, 5.41) is 10.4. The lowest BCUT2D eigenvalue weighted by molar-refractivity contribution is -0.115. The van der Waals surface area contributed by atoms with Gasteiger partial charge in [-0.05, 0) is 36.8 Å². The molecule has 0 aliphatic rings. The zero-order valence-electron chi connectivity index (χ0n) is 15.5. The number of urea groups is 1. The van der Waals surface area contributed by atoms with Gasteiger partial charge in [-0.2, -0.15) is 0 Å². The molecule has 7 nitrogen and oxygen atoms in total. The highest BCUT2D eigenvalue weighted by Gasteiger charge is 2.12. The van der Waals surface area contributed by atoms with E-state index in [1.807, 2.05) is 43.3 Å². The van der Waals surface area contributed by atoms with E-state index in [4.69, 9.17) is 4.74 Å². The van der Waals surface area contributed by atoms with Crippen molar-refractivity contribution in [1.82, 2.24) is 4.98 Å². The van der Waals surface area contributed by atoms with E-state index in [9.17, 15) is 9.59 Å².